The Balaban J connectivity index is 1.47. The third-order valence-corrected chi connectivity index (χ3v) is 7.82. The highest BCUT2D eigenvalue weighted by atomic mass is 32.2. The second-order valence-electron chi connectivity index (χ2n) is 9.21. The van der Waals surface area contributed by atoms with Crippen molar-refractivity contribution in [3.05, 3.63) is 119 Å². The number of benzene rings is 4. The molecule has 1 atom stereocenters. The monoisotopic (exact) mass is 531 g/mol. The maximum atomic E-state index is 13.8. The number of amides is 1. The zero-order valence-corrected chi connectivity index (χ0v) is 22.0. The number of carbonyl (C=O) groups excluding carboxylic acids is 1. The van der Waals surface area contributed by atoms with Crippen LogP contribution in [0.3, 0.4) is 0 Å². The quantitative estimate of drug-likeness (QED) is 0.234. The minimum atomic E-state index is -1.20. The first-order valence-electron chi connectivity index (χ1n) is 12.7. The summed E-state index contributed by atoms with van der Waals surface area (Å²) >= 11 is 1.19. The Morgan fingerprint density at radius 2 is 1.56 bits per heavy atom. The number of nitrogens with zero attached hydrogens (tertiary/aromatic N) is 3. The number of carboxylic acid groups (broad SMARTS) is 1. The van der Waals surface area contributed by atoms with Gasteiger partial charge in [0.05, 0.1) is 10.6 Å². The standard InChI is InChI=1S/C32H25N3O3S/c1-2-34-26-16-10-9-15-24(26)25-19-21(17-18-27(25)34)20-28-30(36)35(29(31(37)38)22-11-5-3-6-12-22)32(39-28)33-23-13-7-4-8-14-23/h3-20,29H,2H2,1H3,(H,37,38)/b28-20-,33-32?. The van der Waals surface area contributed by atoms with Gasteiger partial charge in [0, 0.05) is 28.4 Å². The van der Waals surface area contributed by atoms with Gasteiger partial charge in [-0.15, -0.1) is 0 Å². The zero-order chi connectivity index (χ0) is 26.9. The van der Waals surface area contributed by atoms with Gasteiger partial charge in [-0.25, -0.2) is 9.79 Å². The first-order valence-corrected chi connectivity index (χ1v) is 13.5. The van der Waals surface area contributed by atoms with E-state index in [1.54, 1.807) is 24.3 Å². The average molecular weight is 532 g/mol. The highest BCUT2D eigenvalue weighted by Gasteiger charge is 2.42. The van der Waals surface area contributed by atoms with Gasteiger partial charge < -0.3 is 9.67 Å². The predicted molar refractivity (Wildman–Crippen MR) is 158 cm³/mol. The SMILES string of the molecule is CCn1c2ccccc2c2cc(/C=C3\SC(=Nc4ccccc4)N(C(C(=O)O)c4ccccc4)C3=O)ccc21. The van der Waals surface area contributed by atoms with Crippen molar-refractivity contribution in [2.75, 3.05) is 0 Å². The number of hydrogen-bond acceptors (Lipinski definition) is 4. The van der Waals surface area contributed by atoms with Crippen LogP contribution in [-0.4, -0.2) is 31.6 Å². The third kappa shape index (κ3) is 4.51. The predicted octanol–water partition coefficient (Wildman–Crippen LogP) is 7.24. The van der Waals surface area contributed by atoms with E-state index < -0.39 is 12.0 Å². The number of thioether (sulfide) groups is 1. The van der Waals surface area contributed by atoms with Crippen molar-refractivity contribution in [3.8, 4) is 0 Å². The molecule has 1 aliphatic heterocycles. The molecular weight excluding hydrogens is 506 g/mol. The van der Waals surface area contributed by atoms with E-state index in [1.165, 1.54) is 22.2 Å². The minimum absolute atomic E-state index is 0.331. The van der Waals surface area contributed by atoms with Gasteiger partial charge in [0.25, 0.3) is 5.91 Å². The number of carbonyl (C=O) groups is 2. The Kier molecular flexibility index (Phi) is 6.50. The van der Waals surface area contributed by atoms with Crippen molar-refractivity contribution in [2.24, 2.45) is 4.99 Å². The van der Waals surface area contributed by atoms with Crippen molar-refractivity contribution in [2.45, 2.75) is 19.5 Å². The number of carboxylic acids is 1. The lowest BCUT2D eigenvalue weighted by atomic mass is 10.1. The summed E-state index contributed by atoms with van der Waals surface area (Å²) in [7, 11) is 0. The maximum absolute atomic E-state index is 13.8. The molecule has 1 saturated heterocycles. The molecule has 1 unspecified atom stereocenters. The molecule has 6 rings (SSSR count). The second-order valence-corrected chi connectivity index (χ2v) is 10.2. The van der Waals surface area contributed by atoms with Crippen molar-refractivity contribution in [1.82, 2.24) is 9.47 Å². The molecule has 6 nitrogen and oxygen atoms in total. The summed E-state index contributed by atoms with van der Waals surface area (Å²) in [4.78, 5) is 32.8. The molecule has 0 saturated carbocycles. The van der Waals surface area contributed by atoms with E-state index in [2.05, 4.69) is 35.8 Å². The zero-order valence-electron chi connectivity index (χ0n) is 21.2. The molecule has 0 aliphatic carbocycles. The number of hydrogen-bond donors (Lipinski definition) is 1. The van der Waals surface area contributed by atoms with Gasteiger partial charge in [0.2, 0.25) is 0 Å². The Morgan fingerprint density at radius 1 is 0.897 bits per heavy atom. The molecular formula is C32H25N3O3S. The van der Waals surface area contributed by atoms with Gasteiger partial charge in [-0.2, -0.15) is 0 Å². The molecule has 1 fully saturated rings. The normalized spacial score (nSPS) is 16.5. The van der Waals surface area contributed by atoms with Crippen LogP contribution in [0.25, 0.3) is 27.9 Å². The first kappa shape index (κ1) is 24.7. The molecule has 192 valence electrons. The van der Waals surface area contributed by atoms with Crippen LogP contribution in [0.5, 0.6) is 0 Å². The number of fused-ring (bicyclic) bond motifs is 3. The summed E-state index contributed by atoms with van der Waals surface area (Å²) in [5.74, 6) is -1.51. The van der Waals surface area contributed by atoms with Crippen LogP contribution in [-0.2, 0) is 16.1 Å². The number of aliphatic imine (C=N–C) groups is 1. The Labute approximate surface area is 229 Å². The largest absolute Gasteiger partial charge is 0.479 e. The number of aliphatic carboxylic acids is 1. The fourth-order valence-electron chi connectivity index (χ4n) is 5.10. The summed E-state index contributed by atoms with van der Waals surface area (Å²) in [5, 5.41) is 12.8. The molecule has 0 radical (unpaired) electrons. The summed E-state index contributed by atoms with van der Waals surface area (Å²) in [5.41, 5.74) is 4.32. The van der Waals surface area contributed by atoms with Crippen molar-refractivity contribution >= 4 is 62.4 Å². The highest BCUT2D eigenvalue weighted by Crippen LogP contribution is 2.40. The van der Waals surface area contributed by atoms with Crippen LogP contribution in [0.2, 0.25) is 0 Å². The first-order chi connectivity index (χ1) is 19.0. The van der Waals surface area contributed by atoms with Gasteiger partial charge >= 0.3 is 5.97 Å². The molecule has 39 heavy (non-hydrogen) atoms. The summed E-state index contributed by atoms with van der Waals surface area (Å²) in [6, 6.07) is 31.3. The third-order valence-electron chi connectivity index (χ3n) is 6.84. The topological polar surface area (TPSA) is 74.9 Å². The number of amidine groups is 1. The number of aromatic nitrogens is 1. The molecule has 1 amide bonds. The van der Waals surface area contributed by atoms with E-state index in [9.17, 15) is 14.7 Å². The van der Waals surface area contributed by atoms with Crippen LogP contribution < -0.4 is 0 Å². The van der Waals surface area contributed by atoms with Gasteiger partial charge in [-0.05, 0) is 66.2 Å². The molecule has 5 aromatic rings. The molecule has 1 aliphatic rings. The second kappa shape index (κ2) is 10.3. The van der Waals surface area contributed by atoms with Crippen LogP contribution in [0, 0.1) is 0 Å². The van der Waals surface area contributed by atoms with Crippen LogP contribution in [0.1, 0.15) is 24.1 Å². The van der Waals surface area contributed by atoms with Crippen molar-refractivity contribution in [1.29, 1.82) is 0 Å². The number of para-hydroxylation sites is 2. The molecule has 4 aromatic carbocycles. The molecule has 1 N–H and O–H groups in total. The van der Waals surface area contributed by atoms with E-state index in [0.717, 1.165) is 28.4 Å². The maximum Gasteiger partial charge on any atom is 0.331 e. The highest BCUT2D eigenvalue weighted by molar-refractivity contribution is 8.18. The summed E-state index contributed by atoms with van der Waals surface area (Å²) in [6.45, 7) is 2.98. The Hall–Kier alpha value is -4.62. The van der Waals surface area contributed by atoms with Crippen LogP contribution in [0.4, 0.5) is 5.69 Å². The number of aryl methyl sites for hydroxylation is 1. The molecule has 0 bridgehead atoms. The Morgan fingerprint density at radius 3 is 2.28 bits per heavy atom. The molecule has 7 heteroatoms. The fourth-order valence-corrected chi connectivity index (χ4v) is 6.11. The van der Waals surface area contributed by atoms with E-state index in [-0.39, 0.29) is 5.91 Å². The van der Waals surface area contributed by atoms with Gasteiger partial charge in [0.15, 0.2) is 11.2 Å². The van der Waals surface area contributed by atoms with E-state index in [0.29, 0.717) is 21.3 Å². The van der Waals surface area contributed by atoms with Gasteiger partial charge in [0.1, 0.15) is 0 Å². The van der Waals surface area contributed by atoms with Crippen LogP contribution in [0.15, 0.2) is 113 Å². The Bertz CT molecular complexity index is 1770. The van der Waals surface area contributed by atoms with Crippen molar-refractivity contribution in [3.63, 3.8) is 0 Å². The molecule has 2 heterocycles. The van der Waals surface area contributed by atoms with E-state index in [4.69, 9.17) is 4.99 Å². The van der Waals surface area contributed by atoms with E-state index in [1.807, 2.05) is 60.7 Å². The smallest absolute Gasteiger partial charge is 0.331 e. The lowest BCUT2D eigenvalue weighted by Crippen LogP contribution is -2.38. The molecule has 0 spiro atoms. The fraction of sp³-hybridized carbons (Fsp3) is 0.0938. The summed E-state index contributed by atoms with van der Waals surface area (Å²) in [6.07, 6.45) is 1.83. The number of rotatable bonds is 6. The molecule has 1 aromatic heterocycles. The minimum Gasteiger partial charge on any atom is -0.479 e. The van der Waals surface area contributed by atoms with Crippen molar-refractivity contribution < 1.29 is 14.7 Å². The summed E-state index contributed by atoms with van der Waals surface area (Å²) < 4.78 is 2.28. The lowest BCUT2D eigenvalue weighted by molar-refractivity contribution is -0.145. The van der Waals surface area contributed by atoms with Gasteiger partial charge in [-0.1, -0.05) is 72.8 Å². The van der Waals surface area contributed by atoms with Gasteiger partial charge in [-0.3, -0.25) is 9.69 Å². The van der Waals surface area contributed by atoms with Crippen LogP contribution >= 0.6 is 11.8 Å². The van der Waals surface area contributed by atoms with E-state index >= 15 is 0 Å². The average Bonchev–Trinajstić information content (AvgIpc) is 3.43. The lowest BCUT2D eigenvalue weighted by Gasteiger charge is -2.24.